The minimum atomic E-state index is -0.309. The van der Waals surface area contributed by atoms with Crippen LogP contribution in [0.15, 0.2) is 65.8 Å². The third-order valence-corrected chi connectivity index (χ3v) is 3.61. The van der Waals surface area contributed by atoms with Crippen molar-refractivity contribution >= 4 is 22.9 Å². The minimum Gasteiger partial charge on any atom is -0.508 e. The quantitative estimate of drug-likeness (QED) is 0.510. The largest absolute Gasteiger partial charge is 0.508 e. The predicted molar refractivity (Wildman–Crippen MR) is 93.2 cm³/mol. The van der Waals surface area contributed by atoms with E-state index in [9.17, 15) is 15.0 Å². The normalized spacial score (nSPS) is 11.0. The van der Waals surface area contributed by atoms with Gasteiger partial charge in [-0.05, 0) is 34.5 Å². The van der Waals surface area contributed by atoms with Crippen molar-refractivity contribution in [2.75, 3.05) is 0 Å². The highest BCUT2D eigenvalue weighted by molar-refractivity contribution is 6.02. The van der Waals surface area contributed by atoms with E-state index < -0.39 is 0 Å². The molecule has 0 fully saturated rings. The van der Waals surface area contributed by atoms with Crippen molar-refractivity contribution in [3.05, 3.63) is 71.8 Å². The van der Waals surface area contributed by atoms with Crippen molar-refractivity contribution in [3.8, 4) is 11.5 Å². The molecule has 3 aromatic carbocycles. The van der Waals surface area contributed by atoms with Crippen LogP contribution in [0.3, 0.4) is 0 Å². The summed E-state index contributed by atoms with van der Waals surface area (Å²) >= 11 is 0. The summed E-state index contributed by atoms with van der Waals surface area (Å²) in [6, 6.07) is 17.5. The number of phenols is 2. The van der Waals surface area contributed by atoms with Crippen LogP contribution in [0.2, 0.25) is 0 Å². The molecule has 5 heteroatoms. The summed E-state index contributed by atoms with van der Waals surface area (Å²) in [5.74, 6) is -0.0965. The van der Waals surface area contributed by atoms with Crippen LogP contribution in [0.5, 0.6) is 11.5 Å². The van der Waals surface area contributed by atoms with Gasteiger partial charge in [-0.2, -0.15) is 5.10 Å². The lowest BCUT2D eigenvalue weighted by molar-refractivity contribution is -0.120. The molecular formula is C19H16N2O3. The van der Waals surface area contributed by atoms with Gasteiger partial charge in [0.15, 0.2) is 0 Å². The number of benzene rings is 3. The molecule has 0 aromatic heterocycles. The topological polar surface area (TPSA) is 81.9 Å². The van der Waals surface area contributed by atoms with Crippen molar-refractivity contribution < 1.29 is 15.0 Å². The summed E-state index contributed by atoms with van der Waals surface area (Å²) in [7, 11) is 0. The van der Waals surface area contributed by atoms with Crippen LogP contribution < -0.4 is 5.43 Å². The molecule has 0 heterocycles. The van der Waals surface area contributed by atoms with Crippen molar-refractivity contribution in [1.82, 2.24) is 5.43 Å². The SMILES string of the molecule is O=C(Cc1cccc(O)c1)N/N=C/c1c(O)ccc2ccccc12. The highest BCUT2D eigenvalue weighted by Gasteiger charge is 2.05. The first-order chi connectivity index (χ1) is 11.6. The van der Waals surface area contributed by atoms with Crippen molar-refractivity contribution in [1.29, 1.82) is 0 Å². The second-order valence-electron chi connectivity index (χ2n) is 5.36. The van der Waals surface area contributed by atoms with Gasteiger partial charge in [0.05, 0.1) is 12.6 Å². The Balaban J connectivity index is 1.72. The maximum Gasteiger partial charge on any atom is 0.244 e. The van der Waals surface area contributed by atoms with Gasteiger partial charge in [0.1, 0.15) is 11.5 Å². The molecule has 0 aliphatic heterocycles. The summed E-state index contributed by atoms with van der Waals surface area (Å²) < 4.78 is 0. The second kappa shape index (κ2) is 6.83. The average Bonchev–Trinajstić information content (AvgIpc) is 2.57. The number of amides is 1. The Bertz CT molecular complexity index is 919. The molecule has 3 N–H and O–H groups in total. The van der Waals surface area contributed by atoms with E-state index in [2.05, 4.69) is 10.5 Å². The molecule has 120 valence electrons. The van der Waals surface area contributed by atoms with E-state index in [0.717, 1.165) is 10.8 Å². The van der Waals surface area contributed by atoms with Gasteiger partial charge in [-0.1, -0.05) is 42.5 Å². The average molecular weight is 320 g/mol. The summed E-state index contributed by atoms with van der Waals surface area (Å²) in [4.78, 5) is 11.9. The van der Waals surface area contributed by atoms with E-state index in [0.29, 0.717) is 11.1 Å². The van der Waals surface area contributed by atoms with Crippen LogP contribution in [0.25, 0.3) is 10.8 Å². The van der Waals surface area contributed by atoms with Gasteiger partial charge in [0, 0.05) is 5.56 Å². The monoisotopic (exact) mass is 320 g/mol. The molecule has 0 radical (unpaired) electrons. The summed E-state index contributed by atoms with van der Waals surface area (Å²) in [5, 5.41) is 25.1. The number of fused-ring (bicyclic) bond motifs is 1. The maximum absolute atomic E-state index is 11.9. The standard InChI is InChI=1S/C19H16N2O3/c22-15-6-3-4-13(10-15)11-19(24)21-20-12-17-16-7-2-1-5-14(16)8-9-18(17)23/h1-10,12,22-23H,11H2,(H,21,24)/b20-12+. The molecule has 5 nitrogen and oxygen atoms in total. The smallest absolute Gasteiger partial charge is 0.244 e. The van der Waals surface area contributed by atoms with E-state index in [-0.39, 0.29) is 23.8 Å². The third-order valence-electron chi connectivity index (χ3n) is 3.61. The molecule has 24 heavy (non-hydrogen) atoms. The Morgan fingerprint density at radius 1 is 1.04 bits per heavy atom. The molecule has 0 spiro atoms. The Labute approximate surface area is 138 Å². The second-order valence-corrected chi connectivity index (χ2v) is 5.36. The number of hydrazone groups is 1. The zero-order valence-electron chi connectivity index (χ0n) is 12.8. The first kappa shape index (κ1) is 15.6. The number of nitrogens with zero attached hydrogens (tertiary/aromatic N) is 1. The Hall–Kier alpha value is -3.34. The van der Waals surface area contributed by atoms with Crippen LogP contribution in [0.4, 0.5) is 0 Å². The maximum atomic E-state index is 11.9. The van der Waals surface area contributed by atoms with E-state index in [1.807, 2.05) is 30.3 Å². The Morgan fingerprint density at radius 3 is 2.71 bits per heavy atom. The Kier molecular flexibility index (Phi) is 4.43. The number of carbonyl (C=O) groups excluding carboxylic acids is 1. The molecule has 0 aliphatic carbocycles. The van der Waals surface area contributed by atoms with Gasteiger partial charge in [-0.25, -0.2) is 5.43 Å². The highest BCUT2D eigenvalue weighted by Crippen LogP contribution is 2.25. The van der Waals surface area contributed by atoms with E-state index in [1.54, 1.807) is 24.3 Å². The summed E-state index contributed by atoms with van der Waals surface area (Å²) in [5.41, 5.74) is 3.67. The molecule has 0 bridgehead atoms. The van der Waals surface area contributed by atoms with E-state index in [1.165, 1.54) is 12.3 Å². The van der Waals surface area contributed by atoms with Gasteiger partial charge in [0.25, 0.3) is 0 Å². The van der Waals surface area contributed by atoms with Crippen LogP contribution in [0, 0.1) is 0 Å². The van der Waals surface area contributed by atoms with E-state index in [4.69, 9.17) is 0 Å². The predicted octanol–water partition coefficient (Wildman–Crippen LogP) is 2.94. The zero-order chi connectivity index (χ0) is 16.9. The van der Waals surface area contributed by atoms with Crippen molar-refractivity contribution in [2.24, 2.45) is 5.10 Å². The molecule has 0 aliphatic rings. The van der Waals surface area contributed by atoms with Gasteiger partial charge in [-0.3, -0.25) is 4.79 Å². The van der Waals surface area contributed by atoms with Crippen LogP contribution in [-0.4, -0.2) is 22.3 Å². The van der Waals surface area contributed by atoms with Gasteiger partial charge in [-0.15, -0.1) is 0 Å². The fourth-order valence-electron chi connectivity index (χ4n) is 2.48. The number of carbonyl (C=O) groups is 1. The molecule has 0 atom stereocenters. The number of aromatic hydroxyl groups is 2. The van der Waals surface area contributed by atoms with Crippen molar-refractivity contribution in [3.63, 3.8) is 0 Å². The number of nitrogens with one attached hydrogen (secondary N) is 1. The molecule has 3 aromatic rings. The summed E-state index contributed by atoms with van der Waals surface area (Å²) in [6.07, 6.45) is 1.53. The van der Waals surface area contributed by atoms with Crippen LogP contribution >= 0.6 is 0 Å². The molecule has 0 saturated carbocycles. The van der Waals surface area contributed by atoms with Gasteiger partial charge >= 0.3 is 0 Å². The highest BCUT2D eigenvalue weighted by atomic mass is 16.3. The zero-order valence-corrected chi connectivity index (χ0v) is 12.8. The Morgan fingerprint density at radius 2 is 1.88 bits per heavy atom. The lowest BCUT2D eigenvalue weighted by Crippen LogP contribution is -2.19. The van der Waals surface area contributed by atoms with Gasteiger partial charge < -0.3 is 10.2 Å². The lowest BCUT2D eigenvalue weighted by Gasteiger charge is -2.05. The molecule has 0 unspecified atom stereocenters. The lowest BCUT2D eigenvalue weighted by atomic mass is 10.0. The minimum absolute atomic E-state index is 0.0969. The summed E-state index contributed by atoms with van der Waals surface area (Å²) in [6.45, 7) is 0. The van der Waals surface area contributed by atoms with Crippen LogP contribution in [0.1, 0.15) is 11.1 Å². The van der Waals surface area contributed by atoms with Crippen LogP contribution in [-0.2, 0) is 11.2 Å². The number of phenolic OH excluding ortho intramolecular Hbond substituents is 2. The van der Waals surface area contributed by atoms with E-state index >= 15 is 0 Å². The molecule has 3 rings (SSSR count). The first-order valence-corrected chi connectivity index (χ1v) is 7.44. The fraction of sp³-hybridized carbons (Fsp3) is 0.0526. The third kappa shape index (κ3) is 3.52. The van der Waals surface area contributed by atoms with Crippen molar-refractivity contribution in [2.45, 2.75) is 6.42 Å². The number of hydrogen-bond donors (Lipinski definition) is 3. The molecule has 0 saturated heterocycles. The molecule has 1 amide bonds. The number of rotatable bonds is 4. The van der Waals surface area contributed by atoms with Gasteiger partial charge in [0.2, 0.25) is 5.91 Å². The number of hydrogen-bond acceptors (Lipinski definition) is 4. The molecular weight excluding hydrogens is 304 g/mol. The fourth-order valence-corrected chi connectivity index (χ4v) is 2.48. The first-order valence-electron chi connectivity index (χ1n) is 7.44.